The van der Waals surface area contributed by atoms with Crippen LogP contribution < -0.4 is 9.46 Å². The lowest BCUT2D eigenvalue weighted by Crippen LogP contribution is -2.31. The normalized spacial score (nSPS) is 11.2. The van der Waals surface area contributed by atoms with Gasteiger partial charge in [0.05, 0.1) is 11.5 Å². The van der Waals surface area contributed by atoms with Crippen LogP contribution in [0.5, 0.6) is 5.75 Å². The van der Waals surface area contributed by atoms with E-state index < -0.39 is 15.9 Å². The molecule has 0 spiro atoms. The molecule has 0 aromatic heterocycles. The van der Waals surface area contributed by atoms with Gasteiger partial charge >= 0.3 is 0 Å². The molecular weight excluding hydrogens is 550 g/mol. The molecule has 37 heavy (non-hydrogen) atoms. The minimum Gasteiger partial charge on any atom is -0.493 e. The van der Waals surface area contributed by atoms with Crippen LogP contribution in [0, 0.1) is 6.92 Å². The van der Waals surface area contributed by atoms with Crippen LogP contribution in [0.4, 0.5) is 0 Å². The van der Waals surface area contributed by atoms with Crippen molar-refractivity contribution in [1.82, 2.24) is 4.72 Å². The molecule has 7 heteroatoms. The van der Waals surface area contributed by atoms with Crippen molar-refractivity contribution in [1.29, 1.82) is 0 Å². The van der Waals surface area contributed by atoms with Gasteiger partial charge < -0.3 is 4.74 Å². The summed E-state index contributed by atoms with van der Waals surface area (Å²) in [4.78, 5) is 13.3. The Balaban J connectivity index is 1.71. The van der Waals surface area contributed by atoms with Crippen LogP contribution in [0.25, 0.3) is 11.1 Å². The van der Waals surface area contributed by atoms with Gasteiger partial charge in [-0.25, -0.2) is 13.1 Å². The van der Waals surface area contributed by atoms with Crippen LogP contribution in [-0.2, 0) is 22.9 Å². The van der Waals surface area contributed by atoms with E-state index in [2.05, 4.69) is 26.7 Å². The highest BCUT2D eigenvalue weighted by Crippen LogP contribution is 2.33. The Morgan fingerprint density at radius 1 is 0.892 bits per heavy atom. The maximum Gasteiger partial charge on any atom is 0.265 e. The number of aryl methyl sites for hydroxylation is 3. The number of hydrogen-bond acceptors (Lipinski definition) is 4. The van der Waals surface area contributed by atoms with Crippen LogP contribution in [0.3, 0.4) is 0 Å². The van der Waals surface area contributed by atoms with Crippen LogP contribution in [-0.4, -0.2) is 20.9 Å². The highest BCUT2D eigenvalue weighted by molar-refractivity contribution is 9.10. The first-order valence-electron chi connectivity index (χ1n) is 12.0. The summed E-state index contributed by atoms with van der Waals surface area (Å²) in [7, 11) is -4.03. The minimum absolute atomic E-state index is 0.0209. The average molecular weight is 579 g/mol. The smallest absolute Gasteiger partial charge is 0.265 e. The second-order valence-electron chi connectivity index (χ2n) is 8.68. The zero-order valence-corrected chi connectivity index (χ0v) is 23.1. The number of benzene rings is 4. The van der Waals surface area contributed by atoms with Crippen molar-refractivity contribution >= 4 is 31.9 Å². The van der Waals surface area contributed by atoms with E-state index in [4.69, 9.17) is 4.74 Å². The molecular formula is C30H28BrNO4S. The van der Waals surface area contributed by atoms with Gasteiger partial charge in [0.1, 0.15) is 5.75 Å². The summed E-state index contributed by atoms with van der Waals surface area (Å²) < 4.78 is 34.6. The first-order chi connectivity index (χ1) is 17.8. The molecule has 4 rings (SSSR count). The van der Waals surface area contributed by atoms with Crippen molar-refractivity contribution in [3.8, 4) is 16.9 Å². The molecule has 0 saturated heterocycles. The minimum atomic E-state index is -4.03. The molecule has 0 fully saturated rings. The predicted octanol–water partition coefficient (Wildman–Crippen LogP) is 6.73. The summed E-state index contributed by atoms with van der Waals surface area (Å²) in [6, 6.07) is 27.6. The monoisotopic (exact) mass is 577 g/mol. The predicted molar refractivity (Wildman–Crippen MR) is 150 cm³/mol. The van der Waals surface area contributed by atoms with Crippen LogP contribution >= 0.6 is 15.9 Å². The molecule has 4 aromatic rings. The molecule has 0 bridgehead atoms. The molecule has 0 aliphatic rings. The molecule has 190 valence electrons. The van der Waals surface area contributed by atoms with E-state index in [0.29, 0.717) is 25.0 Å². The van der Waals surface area contributed by atoms with Crippen molar-refractivity contribution < 1.29 is 17.9 Å². The largest absolute Gasteiger partial charge is 0.493 e. The number of carbonyl (C=O) groups excluding carboxylic acids is 1. The lowest BCUT2D eigenvalue weighted by atomic mass is 9.94. The SMILES string of the molecule is CCOc1ccc(C)cc1-c1ccc(C(=O)NS(=O)(=O)c2ccc(Br)cc2)c(CCc2ccccc2)c1. The molecule has 0 saturated carbocycles. The summed E-state index contributed by atoms with van der Waals surface area (Å²) in [5, 5.41) is 0. The number of ether oxygens (including phenoxy) is 1. The second-order valence-corrected chi connectivity index (χ2v) is 11.3. The van der Waals surface area contributed by atoms with E-state index in [1.54, 1.807) is 18.2 Å². The number of nitrogens with one attached hydrogen (secondary N) is 1. The first-order valence-corrected chi connectivity index (χ1v) is 14.3. The topological polar surface area (TPSA) is 72.5 Å². The van der Waals surface area contributed by atoms with Crippen molar-refractivity contribution in [2.45, 2.75) is 31.6 Å². The zero-order chi connectivity index (χ0) is 26.4. The van der Waals surface area contributed by atoms with Crippen molar-refractivity contribution in [3.05, 3.63) is 118 Å². The molecule has 4 aromatic carbocycles. The van der Waals surface area contributed by atoms with Crippen LogP contribution in [0.1, 0.15) is 34.0 Å². The van der Waals surface area contributed by atoms with Crippen LogP contribution in [0.2, 0.25) is 0 Å². The third kappa shape index (κ3) is 6.67. The Hall–Kier alpha value is -3.42. The van der Waals surface area contributed by atoms with E-state index >= 15 is 0 Å². The molecule has 0 unspecified atom stereocenters. The van der Waals surface area contributed by atoms with Gasteiger partial charge in [-0.2, -0.15) is 0 Å². The fourth-order valence-corrected chi connectivity index (χ4v) is 5.34. The molecule has 1 N–H and O–H groups in total. The Labute approximate surface area is 226 Å². The van der Waals surface area contributed by atoms with Gasteiger partial charge in [0, 0.05) is 15.6 Å². The van der Waals surface area contributed by atoms with Crippen LogP contribution in [0.15, 0.2) is 100 Å². The second kappa shape index (κ2) is 11.8. The standard InChI is InChI=1S/C30H28BrNO4S/c1-3-36-29-18-9-21(2)19-28(29)24-12-17-27(23(20-24)11-10-22-7-5-4-6-8-22)30(33)32-37(34,35)26-15-13-25(31)14-16-26/h4-9,12-20H,3,10-11H2,1-2H3,(H,32,33). The van der Waals surface area contributed by atoms with E-state index in [9.17, 15) is 13.2 Å². The lowest BCUT2D eigenvalue weighted by molar-refractivity contribution is 0.0980. The van der Waals surface area contributed by atoms with Crippen molar-refractivity contribution in [3.63, 3.8) is 0 Å². The number of amides is 1. The van der Waals surface area contributed by atoms with Crippen molar-refractivity contribution in [2.75, 3.05) is 6.61 Å². The zero-order valence-electron chi connectivity index (χ0n) is 20.7. The summed E-state index contributed by atoms with van der Waals surface area (Å²) in [6.45, 7) is 4.49. The van der Waals surface area contributed by atoms with Gasteiger partial charge in [0.2, 0.25) is 0 Å². The number of hydrogen-bond donors (Lipinski definition) is 1. The summed E-state index contributed by atoms with van der Waals surface area (Å²) in [5.74, 6) is 0.101. The number of carbonyl (C=O) groups is 1. The van der Waals surface area contributed by atoms with E-state index in [-0.39, 0.29) is 4.90 Å². The van der Waals surface area contributed by atoms with E-state index in [1.165, 1.54) is 12.1 Å². The van der Waals surface area contributed by atoms with Gasteiger partial charge in [-0.3, -0.25) is 4.79 Å². The molecule has 1 amide bonds. The number of sulfonamides is 1. The Morgan fingerprint density at radius 3 is 2.32 bits per heavy atom. The molecule has 0 heterocycles. The van der Waals surface area contributed by atoms with Gasteiger partial charge in [0.15, 0.2) is 0 Å². The summed E-state index contributed by atoms with van der Waals surface area (Å²) in [5.41, 5.74) is 5.14. The van der Waals surface area contributed by atoms with Gasteiger partial charge in [-0.05, 0) is 85.8 Å². The maximum atomic E-state index is 13.3. The van der Waals surface area contributed by atoms with Crippen molar-refractivity contribution in [2.24, 2.45) is 0 Å². The molecule has 5 nitrogen and oxygen atoms in total. The fraction of sp³-hybridized carbons (Fsp3) is 0.167. The third-order valence-corrected chi connectivity index (χ3v) is 7.85. The number of halogens is 1. The Morgan fingerprint density at radius 2 is 1.62 bits per heavy atom. The molecule has 0 aliphatic heterocycles. The van der Waals surface area contributed by atoms with E-state index in [0.717, 1.165) is 38.0 Å². The highest BCUT2D eigenvalue weighted by Gasteiger charge is 2.21. The highest BCUT2D eigenvalue weighted by atomic mass is 79.9. The lowest BCUT2D eigenvalue weighted by Gasteiger charge is -2.15. The summed E-state index contributed by atoms with van der Waals surface area (Å²) >= 11 is 3.30. The Kier molecular flexibility index (Phi) is 8.46. The third-order valence-electron chi connectivity index (χ3n) is 5.97. The Bertz CT molecular complexity index is 1500. The van der Waals surface area contributed by atoms with Gasteiger partial charge in [0.25, 0.3) is 15.9 Å². The van der Waals surface area contributed by atoms with Gasteiger partial charge in [-0.15, -0.1) is 0 Å². The summed E-state index contributed by atoms with van der Waals surface area (Å²) in [6.07, 6.45) is 1.27. The quantitative estimate of drug-likeness (QED) is 0.239. The number of rotatable bonds is 9. The first kappa shape index (κ1) is 26.6. The maximum absolute atomic E-state index is 13.3. The van der Waals surface area contributed by atoms with E-state index in [1.807, 2.05) is 68.4 Å². The van der Waals surface area contributed by atoms with Gasteiger partial charge in [-0.1, -0.05) is 70.0 Å². The molecule has 0 radical (unpaired) electrons. The average Bonchev–Trinajstić information content (AvgIpc) is 2.89. The molecule has 0 atom stereocenters. The molecule has 0 aliphatic carbocycles. The fourth-order valence-electron chi connectivity index (χ4n) is 4.11.